The van der Waals surface area contributed by atoms with Crippen molar-refractivity contribution in [2.45, 2.75) is 18.3 Å². The highest BCUT2D eigenvalue weighted by molar-refractivity contribution is 6.16. The number of imidazole rings is 1. The molecule has 4 rings (SSSR count). The highest BCUT2D eigenvalue weighted by atomic mass is 35.5. The van der Waals surface area contributed by atoms with Crippen molar-refractivity contribution < 1.29 is 27.4 Å². The number of aromatic nitrogens is 2. The van der Waals surface area contributed by atoms with Gasteiger partial charge in [0.2, 0.25) is 0 Å². The van der Waals surface area contributed by atoms with Crippen molar-refractivity contribution in [3.63, 3.8) is 0 Å². The molecule has 0 fully saturated rings. The number of ether oxygens (including phenoxy) is 2. The van der Waals surface area contributed by atoms with Crippen LogP contribution in [0.3, 0.4) is 0 Å². The Kier molecular flexibility index (Phi) is 5.53. The minimum Gasteiger partial charge on any atom is -0.490 e. The summed E-state index contributed by atoms with van der Waals surface area (Å²) in [6.07, 6.45) is -3.10. The summed E-state index contributed by atoms with van der Waals surface area (Å²) < 4.78 is 48.6. The molecule has 162 valence electrons. The lowest BCUT2D eigenvalue weighted by Crippen LogP contribution is -2.31. The third-order valence-corrected chi connectivity index (χ3v) is 5.19. The first-order valence-corrected chi connectivity index (χ1v) is 9.79. The van der Waals surface area contributed by atoms with Gasteiger partial charge in [0.15, 0.2) is 0 Å². The lowest BCUT2D eigenvalue weighted by molar-refractivity contribution is -0.274. The molecule has 6 nitrogen and oxygen atoms in total. The molecular formula is C21H17ClF3N3O3. The molecule has 10 heteroatoms. The summed E-state index contributed by atoms with van der Waals surface area (Å²) >= 11 is 5.87. The molecular weight excluding hydrogens is 435 g/mol. The molecule has 1 aliphatic rings. The average Bonchev–Trinajstić information content (AvgIpc) is 3.02. The number of hydrogen-bond acceptors (Lipinski definition) is 4. The molecule has 1 aromatic heterocycles. The van der Waals surface area contributed by atoms with E-state index in [4.69, 9.17) is 16.3 Å². The van der Waals surface area contributed by atoms with Crippen molar-refractivity contribution in [3.8, 4) is 22.6 Å². The first-order chi connectivity index (χ1) is 14.7. The summed E-state index contributed by atoms with van der Waals surface area (Å²) in [4.78, 5) is 17.1. The van der Waals surface area contributed by atoms with Crippen molar-refractivity contribution in [1.82, 2.24) is 14.9 Å². The summed E-state index contributed by atoms with van der Waals surface area (Å²) in [5.74, 6) is 0.690. The lowest BCUT2D eigenvalue weighted by atomic mass is 10.0. The standard InChI is InChI=1S/C21H17ClF3N3O3/c1-28-17(10-26-19(28)9-22)16-11-30-18-7-4-13(8-15(18)20(29)27-16)12-2-5-14(6-3-12)31-21(23,24)25/h2-8,10,16H,9,11H2,1H3,(H,27,29). The summed E-state index contributed by atoms with van der Waals surface area (Å²) in [5, 5.41) is 2.93. The maximum Gasteiger partial charge on any atom is 0.573 e. The minimum atomic E-state index is -4.75. The molecule has 1 amide bonds. The number of fused-ring (bicyclic) bond motifs is 1. The van der Waals surface area contributed by atoms with E-state index in [1.165, 1.54) is 24.3 Å². The van der Waals surface area contributed by atoms with E-state index in [1.54, 1.807) is 24.4 Å². The van der Waals surface area contributed by atoms with E-state index in [-0.39, 0.29) is 24.1 Å². The number of amides is 1. The lowest BCUT2D eigenvalue weighted by Gasteiger charge is -2.16. The van der Waals surface area contributed by atoms with E-state index in [9.17, 15) is 18.0 Å². The molecule has 1 N–H and O–H groups in total. The minimum absolute atomic E-state index is 0.211. The summed E-state index contributed by atoms with van der Waals surface area (Å²) in [7, 11) is 1.81. The number of halogens is 4. The van der Waals surface area contributed by atoms with Gasteiger partial charge in [0.25, 0.3) is 5.91 Å². The Labute approximate surface area is 180 Å². The zero-order chi connectivity index (χ0) is 22.2. The Hall–Kier alpha value is -3.20. The Morgan fingerprint density at radius 2 is 1.94 bits per heavy atom. The van der Waals surface area contributed by atoms with Crippen LogP contribution in [-0.4, -0.2) is 28.4 Å². The predicted molar refractivity (Wildman–Crippen MR) is 107 cm³/mol. The van der Waals surface area contributed by atoms with Gasteiger partial charge in [0, 0.05) is 7.05 Å². The Morgan fingerprint density at radius 1 is 1.23 bits per heavy atom. The fourth-order valence-corrected chi connectivity index (χ4v) is 3.63. The quantitative estimate of drug-likeness (QED) is 0.589. The first kappa shape index (κ1) is 21.0. The Balaban J connectivity index is 1.57. The number of nitrogens with one attached hydrogen (secondary N) is 1. The number of carbonyl (C=O) groups excluding carboxylic acids is 1. The van der Waals surface area contributed by atoms with Crippen molar-refractivity contribution in [2.24, 2.45) is 7.05 Å². The zero-order valence-corrected chi connectivity index (χ0v) is 17.0. The largest absolute Gasteiger partial charge is 0.573 e. The Morgan fingerprint density at radius 3 is 2.58 bits per heavy atom. The van der Waals surface area contributed by atoms with Crippen molar-refractivity contribution in [1.29, 1.82) is 0 Å². The normalized spacial score (nSPS) is 16.2. The Bertz CT molecular complexity index is 1110. The molecule has 0 spiro atoms. The van der Waals surface area contributed by atoms with Gasteiger partial charge in [0.05, 0.1) is 23.3 Å². The number of hydrogen-bond donors (Lipinski definition) is 1. The molecule has 0 aliphatic carbocycles. The molecule has 31 heavy (non-hydrogen) atoms. The van der Waals surface area contributed by atoms with Gasteiger partial charge in [-0.2, -0.15) is 0 Å². The summed E-state index contributed by atoms with van der Waals surface area (Å²) in [6.45, 7) is 0.211. The molecule has 2 heterocycles. The average molecular weight is 452 g/mol. The molecule has 1 unspecified atom stereocenters. The van der Waals surface area contributed by atoms with E-state index in [0.717, 1.165) is 5.69 Å². The van der Waals surface area contributed by atoms with Crippen LogP contribution in [0.2, 0.25) is 0 Å². The first-order valence-electron chi connectivity index (χ1n) is 9.25. The molecule has 0 saturated carbocycles. The van der Waals surface area contributed by atoms with Crippen molar-refractivity contribution >= 4 is 17.5 Å². The van der Waals surface area contributed by atoms with Gasteiger partial charge in [-0.1, -0.05) is 18.2 Å². The molecule has 3 aromatic rings. The van der Waals surface area contributed by atoms with E-state index in [2.05, 4.69) is 15.0 Å². The fraction of sp³-hybridized carbons (Fsp3) is 0.238. The van der Waals surface area contributed by atoms with Crippen LogP contribution >= 0.6 is 11.6 Å². The number of benzene rings is 2. The van der Waals surface area contributed by atoms with Crippen LogP contribution < -0.4 is 14.8 Å². The second-order valence-corrected chi connectivity index (χ2v) is 7.18. The van der Waals surface area contributed by atoms with Gasteiger partial charge in [0.1, 0.15) is 30.0 Å². The predicted octanol–water partition coefficient (Wildman–Crippen LogP) is 4.59. The van der Waals surface area contributed by atoms with E-state index >= 15 is 0 Å². The highest BCUT2D eigenvalue weighted by Crippen LogP contribution is 2.32. The molecule has 1 atom stereocenters. The number of carbonyl (C=O) groups is 1. The van der Waals surface area contributed by atoms with Crippen LogP contribution in [0.15, 0.2) is 48.7 Å². The van der Waals surface area contributed by atoms with Crippen LogP contribution in [0, 0.1) is 0 Å². The molecule has 1 aliphatic heterocycles. The van der Waals surface area contributed by atoms with Gasteiger partial charge in [-0.25, -0.2) is 4.98 Å². The molecule has 0 bridgehead atoms. The monoisotopic (exact) mass is 451 g/mol. The van der Waals surface area contributed by atoms with Crippen molar-refractivity contribution in [2.75, 3.05) is 6.61 Å². The zero-order valence-electron chi connectivity index (χ0n) is 16.2. The number of alkyl halides is 4. The maximum absolute atomic E-state index is 12.9. The van der Waals surface area contributed by atoms with Gasteiger partial charge >= 0.3 is 6.36 Å². The highest BCUT2D eigenvalue weighted by Gasteiger charge is 2.31. The number of nitrogens with zero attached hydrogens (tertiary/aromatic N) is 2. The van der Waals surface area contributed by atoms with Crippen LogP contribution in [0.1, 0.15) is 27.9 Å². The summed E-state index contributed by atoms with van der Waals surface area (Å²) in [6, 6.07) is 10.0. The SMILES string of the molecule is Cn1c(C2COc3ccc(-c4ccc(OC(F)(F)F)cc4)cc3C(=O)N2)cnc1CCl. The third kappa shape index (κ3) is 4.46. The van der Waals surface area contributed by atoms with Crippen LogP contribution in [0.4, 0.5) is 13.2 Å². The molecule has 0 saturated heterocycles. The van der Waals surface area contributed by atoms with Crippen LogP contribution in [0.5, 0.6) is 11.5 Å². The van der Waals surface area contributed by atoms with Gasteiger partial charge < -0.3 is 19.4 Å². The summed E-state index contributed by atoms with van der Waals surface area (Å²) in [5.41, 5.74) is 2.37. The smallest absolute Gasteiger partial charge is 0.490 e. The van der Waals surface area contributed by atoms with Crippen LogP contribution in [-0.2, 0) is 12.9 Å². The van der Waals surface area contributed by atoms with Gasteiger partial charge in [-0.3, -0.25) is 4.79 Å². The van der Waals surface area contributed by atoms with Crippen LogP contribution in [0.25, 0.3) is 11.1 Å². The maximum atomic E-state index is 12.9. The fourth-order valence-electron chi connectivity index (χ4n) is 3.38. The topological polar surface area (TPSA) is 65.4 Å². The third-order valence-electron chi connectivity index (χ3n) is 4.95. The van der Waals surface area contributed by atoms with E-state index < -0.39 is 12.4 Å². The molecule has 0 radical (unpaired) electrons. The van der Waals surface area contributed by atoms with Gasteiger partial charge in [-0.15, -0.1) is 24.8 Å². The number of rotatable bonds is 4. The van der Waals surface area contributed by atoms with E-state index in [1.807, 2.05) is 11.6 Å². The van der Waals surface area contributed by atoms with E-state index in [0.29, 0.717) is 28.3 Å². The second kappa shape index (κ2) is 8.14. The van der Waals surface area contributed by atoms with Gasteiger partial charge in [-0.05, 0) is 35.4 Å². The van der Waals surface area contributed by atoms with Crippen molar-refractivity contribution in [3.05, 3.63) is 65.7 Å². The molecule has 2 aromatic carbocycles. The second-order valence-electron chi connectivity index (χ2n) is 6.91.